The molecule has 192 valence electrons. The average Bonchev–Trinajstić information content (AvgIpc) is 3.05. The maximum atomic E-state index is 10.6. The number of aromatic nitrogens is 1. The van der Waals surface area contributed by atoms with Crippen LogP contribution >= 0.6 is 11.6 Å². The van der Waals surface area contributed by atoms with E-state index in [9.17, 15) is 5.11 Å². The van der Waals surface area contributed by atoms with Crippen molar-refractivity contribution in [1.29, 1.82) is 5.41 Å². The SMILES string of the molecule is CC(C)(O)c1ccc2c(c1)/C(=C/CCN1CCN(c3ccc(Cl)cc3)C(C=N)C1)c1cccnc1CO2. The minimum Gasteiger partial charge on any atom is -0.487 e. The fourth-order valence-corrected chi connectivity index (χ4v) is 5.24. The van der Waals surface area contributed by atoms with Gasteiger partial charge in [-0.3, -0.25) is 9.88 Å². The van der Waals surface area contributed by atoms with Crippen LogP contribution in [0.5, 0.6) is 5.75 Å². The Morgan fingerprint density at radius 3 is 2.70 bits per heavy atom. The highest BCUT2D eigenvalue weighted by molar-refractivity contribution is 6.30. The van der Waals surface area contributed by atoms with E-state index >= 15 is 0 Å². The van der Waals surface area contributed by atoms with Gasteiger partial charge in [0.2, 0.25) is 0 Å². The van der Waals surface area contributed by atoms with Crippen LogP contribution < -0.4 is 9.64 Å². The molecule has 0 radical (unpaired) electrons. The Hall–Kier alpha value is -3.19. The third-order valence-electron chi connectivity index (χ3n) is 7.17. The highest BCUT2D eigenvalue weighted by Crippen LogP contribution is 2.38. The normalized spacial score (nSPS) is 19.1. The van der Waals surface area contributed by atoms with E-state index in [1.54, 1.807) is 20.0 Å². The first-order chi connectivity index (χ1) is 17.8. The van der Waals surface area contributed by atoms with Crippen molar-refractivity contribution < 1.29 is 9.84 Å². The molecule has 2 aliphatic heterocycles. The van der Waals surface area contributed by atoms with Crippen LogP contribution in [0.3, 0.4) is 0 Å². The van der Waals surface area contributed by atoms with E-state index in [1.807, 2.05) is 48.5 Å². The van der Waals surface area contributed by atoms with Crippen LogP contribution in [0.2, 0.25) is 5.02 Å². The summed E-state index contributed by atoms with van der Waals surface area (Å²) in [5, 5.41) is 19.4. The molecule has 2 N–H and O–H groups in total. The van der Waals surface area contributed by atoms with Crippen molar-refractivity contribution >= 4 is 29.1 Å². The van der Waals surface area contributed by atoms with Crippen LogP contribution in [0.4, 0.5) is 5.69 Å². The molecule has 2 aromatic carbocycles. The Bertz CT molecular complexity index is 1300. The maximum Gasteiger partial charge on any atom is 0.131 e. The molecular weight excluding hydrogens is 484 g/mol. The lowest BCUT2D eigenvalue weighted by Crippen LogP contribution is -2.54. The van der Waals surface area contributed by atoms with Crippen molar-refractivity contribution in [3.8, 4) is 5.75 Å². The largest absolute Gasteiger partial charge is 0.487 e. The third kappa shape index (κ3) is 5.57. The minimum absolute atomic E-state index is 0.0221. The summed E-state index contributed by atoms with van der Waals surface area (Å²) >= 11 is 6.07. The highest BCUT2D eigenvalue weighted by Gasteiger charge is 2.26. The van der Waals surface area contributed by atoms with Gasteiger partial charge in [-0.1, -0.05) is 29.8 Å². The zero-order chi connectivity index (χ0) is 26.0. The van der Waals surface area contributed by atoms with Crippen molar-refractivity contribution in [2.24, 2.45) is 0 Å². The molecule has 0 bridgehead atoms. The molecular formula is C30H33ClN4O2. The van der Waals surface area contributed by atoms with Crippen LogP contribution in [-0.4, -0.2) is 53.4 Å². The number of rotatable bonds is 6. The Labute approximate surface area is 223 Å². The lowest BCUT2D eigenvalue weighted by molar-refractivity contribution is 0.0785. The van der Waals surface area contributed by atoms with Gasteiger partial charge in [0.15, 0.2) is 0 Å². The number of hydrogen-bond acceptors (Lipinski definition) is 6. The number of hydrogen-bond donors (Lipinski definition) is 2. The van der Waals surface area contributed by atoms with Crippen LogP contribution in [0.1, 0.15) is 42.7 Å². The summed E-state index contributed by atoms with van der Waals surface area (Å²) in [5.74, 6) is 0.803. The molecule has 0 saturated carbocycles. The molecule has 1 aromatic heterocycles. The molecule has 6 nitrogen and oxygen atoms in total. The van der Waals surface area contributed by atoms with E-state index in [-0.39, 0.29) is 6.04 Å². The first kappa shape index (κ1) is 25.5. The number of anilines is 1. The first-order valence-corrected chi connectivity index (χ1v) is 13.1. The van der Waals surface area contributed by atoms with Gasteiger partial charge in [-0.25, -0.2) is 0 Å². The average molecular weight is 517 g/mol. The zero-order valence-corrected chi connectivity index (χ0v) is 22.1. The predicted octanol–water partition coefficient (Wildman–Crippen LogP) is 5.52. The molecule has 0 amide bonds. The van der Waals surface area contributed by atoms with Gasteiger partial charge in [-0.15, -0.1) is 0 Å². The third-order valence-corrected chi connectivity index (χ3v) is 7.42. The summed E-state index contributed by atoms with van der Waals surface area (Å²) in [6.45, 7) is 7.49. The number of fused-ring (bicyclic) bond motifs is 2. The van der Waals surface area contributed by atoms with Crippen LogP contribution in [-0.2, 0) is 12.2 Å². The molecule has 0 aliphatic carbocycles. The van der Waals surface area contributed by atoms with Gasteiger partial charge in [0, 0.05) is 60.4 Å². The number of ether oxygens (including phenoxy) is 1. The fraction of sp³-hybridized carbons (Fsp3) is 0.333. The Balaban J connectivity index is 1.37. The van der Waals surface area contributed by atoms with Crippen LogP contribution in [0, 0.1) is 5.41 Å². The molecule has 1 atom stereocenters. The van der Waals surface area contributed by atoms with Gasteiger partial charge in [0.05, 0.1) is 17.3 Å². The lowest BCUT2D eigenvalue weighted by atomic mass is 9.90. The molecule has 7 heteroatoms. The molecule has 1 fully saturated rings. The van der Waals surface area contributed by atoms with Gasteiger partial charge >= 0.3 is 0 Å². The predicted molar refractivity (Wildman–Crippen MR) is 150 cm³/mol. The Morgan fingerprint density at radius 1 is 1.14 bits per heavy atom. The van der Waals surface area contributed by atoms with E-state index in [4.69, 9.17) is 21.7 Å². The standard InChI is InChI=1S/C30H33ClN4O2/c1-30(2,36)21-7-12-29-27(17-21)25(26-5-3-13-33-28(26)20-37-29)6-4-14-34-15-16-35(24(18-32)19-34)23-10-8-22(31)9-11-23/h3,5-13,17-18,24,32,36H,4,14-16,19-20H2,1-2H3/b25-6+,32-18?. The van der Waals surface area contributed by atoms with Crippen molar-refractivity contribution in [2.75, 3.05) is 31.1 Å². The summed E-state index contributed by atoms with van der Waals surface area (Å²) in [4.78, 5) is 9.28. The zero-order valence-electron chi connectivity index (χ0n) is 21.3. The number of nitrogens with zero attached hydrogens (tertiary/aromatic N) is 3. The number of aliphatic hydroxyl groups is 1. The second-order valence-corrected chi connectivity index (χ2v) is 10.6. The number of benzene rings is 2. The second-order valence-electron chi connectivity index (χ2n) is 10.2. The van der Waals surface area contributed by atoms with Gasteiger partial charge in [-0.2, -0.15) is 0 Å². The quantitative estimate of drug-likeness (QED) is 0.422. The highest BCUT2D eigenvalue weighted by atomic mass is 35.5. The molecule has 2 aliphatic rings. The van der Waals surface area contributed by atoms with Crippen molar-refractivity contribution in [1.82, 2.24) is 9.88 Å². The molecule has 5 rings (SSSR count). The molecule has 1 saturated heterocycles. The van der Waals surface area contributed by atoms with E-state index in [0.29, 0.717) is 6.61 Å². The molecule has 3 aromatic rings. The van der Waals surface area contributed by atoms with Crippen molar-refractivity contribution in [2.45, 2.75) is 38.5 Å². The van der Waals surface area contributed by atoms with Crippen LogP contribution in [0.25, 0.3) is 5.57 Å². The van der Waals surface area contributed by atoms with Gasteiger partial charge in [-0.05, 0) is 73.9 Å². The summed E-state index contributed by atoms with van der Waals surface area (Å²) in [6, 6.07) is 17.9. The molecule has 0 spiro atoms. The summed E-state index contributed by atoms with van der Waals surface area (Å²) in [7, 11) is 0. The summed E-state index contributed by atoms with van der Waals surface area (Å²) < 4.78 is 6.12. The lowest BCUT2D eigenvalue weighted by Gasteiger charge is -2.41. The molecule has 3 heterocycles. The van der Waals surface area contributed by atoms with E-state index in [0.717, 1.165) is 77.0 Å². The Kier molecular flexibility index (Phi) is 7.33. The van der Waals surface area contributed by atoms with E-state index < -0.39 is 5.60 Å². The topological polar surface area (TPSA) is 72.7 Å². The van der Waals surface area contributed by atoms with Gasteiger partial charge in [0.25, 0.3) is 0 Å². The summed E-state index contributed by atoms with van der Waals surface area (Å²) in [5.41, 5.74) is 5.05. The second kappa shape index (κ2) is 10.7. The van der Waals surface area contributed by atoms with Gasteiger partial charge in [0.1, 0.15) is 12.4 Å². The molecule has 1 unspecified atom stereocenters. The number of halogens is 1. The van der Waals surface area contributed by atoms with Gasteiger partial charge < -0.3 is 20.2 Å². The number of pyridine rings is 1. The minimum atomic E-state index is -0.949. The molecule has 37 heavy (non-hydrogen) atoms. The monoisotopic (exact) mass is 516 g/mol. The van der Waals surface area contributed by atoms with Crippen molar-refractivity contribution in [3.63, 3.8) is 0 Å². The fourth-order valence-electron chi connectivity index (χ4n) is 5.12. The Morgan fingerprint density at radius 2 is 1.95 bits per heavy atom. The maximum absolute atomic E-state index is 10.6. The van der Waals surface area contributed by atoms with Crippen LogP contribution in [0.15, 0.2) is 66.9 Å². The number of piperazine rings is 1. The van der Waals surface area contributed by atoms with E-state index in [1.165, 1.54) is 6.21 Å². The summed E-state index contributed by atoms with van der Waals surface area (Å²) in [6.07, 6.45) is 6.46. The number of nitrogens with one attached hydrogen (secondary N) is 1. The smallest absolute Gasteiger partial charge is 0.131 e. The van der Waals surface area contributed by atoms with Crippen molar-refractivity contribution in [3.05, 3.63) is 94.3 Å². The van der Waals surface area contributed by atoms with E-state index in [2.05, 4.69) is 26.9 Å². The first-order valence-electron chi connectivity index (χ1n) is 12.7.